The van der Waals surface area contributed by atoms with Gasteiger partial charge < -0.3 is 9.67 Å². The van der Waals surface area contributed by atoms with E-state index in [0.717, 1.165) is 46.3 Å². The monoisotopic (exact) mass is 410 g/mol. The number of pyridine rings is 2. The molecule has 0 amide bonds. The molecule has 0 spiro atoms. The number of fused-ring (bicyclic) bond motifs is 1. The van der Waals surface area contributed by atoms with E-state index in [9.17, 15) is 9.90 Å². The van der Waals surface area contributed by atoms with Crippen LogP contribution >= 0.6 is 0 Å². The highest BCUT2D eigenvalue weighted by molar-refractivity contribution is 5.90. The molecule has 4 aromatic rings. The fourth-order valence-corrected chi connectivity index (χ4v) is 4.74. The van der Waals surface area contributed by atoms with Crippen molar-refractivity contribution in [2.24, 2.45) is 7.05 Å². The Morgan fingerprint density at radius 1 is 1.00 bits per heavy atom. The Hall–Kier alpha value is -3.24. The van der Waals surface area contributed by atoms with Crippen LogP contribution in [0.15, 0.2) is 71.5 Å². The van der Waals surface area contributed by atoms with Gasteiger partial charge in [0.25, 0.3) is 5.56 Å². The second-order valence-electron chi connectivity index (χ2n) is 9.06. The highest BCUT2D eigenvalue weighted by atomic mass is 16.3. The van der Waals surface area contributed by atoms with Crippen LogP contribution in [0.2, 0.25) is 0 Å². The number of aryl methyl sites for hydroxylation is 2. The molecule has 31 heavy (non-hydrogen) atoms. The lowest BCUT2D eigenvalue weighted by atomic mass is 9.69. The van der Waals surface area contributed by atoms with E-state index in [1.807, 2.05) is 19.1 Å². The molecule has 4 heteroatoms. The SMILES string of the molecule is Cc1ccccc1-c1cc2c(ccc(=O)n2C)nc1-c1ccc(C2CC(C)(O)C2)cc1. The Kier molecular flexibility index (Phi) is 4.56. The van der Waals surface area contributed by atoms with E-state index in [-0.39, 0.29) is 5.56 Å². The summed E-state index contributed by atoms with van der Waals surface area (Å²) in [5, 5.41) is 10.1. The van der Waals surface area contributed by atoms with Gasteiger partial charge in [-0.1, -0.05) is 48.5 Å². The summed E-state index contributed by atoms with van der Waals surface area (Å²) in [6.07, 6.45) is 1.62. The van der Waals surface area contributed by atoms with Crippen molar-refractivity contribution in [2.75, 3.05) is 0 Å². The molecule has 4 nitrogen and oxygen atoms in total. The van der Waals surface area contributed by atoms with Gasteiger partial charge in [0.2, 0.25) is 0 Å². The van der Waals surface area contributed by atoms with Crippen LogP contribution in [0, 0.1) is 6.92 Å². The third kappa shape index (κ3) is 3.47. The first-order valence-electron chi connectivity index (χ1n) is 10.7. The lowest BCUT2D eigenvalue weighted by Gasteiger charge is -2.41. The average molecular weight is 411 g/mol. The average Bonchev–Trinajstić information content (AvgIpc) is 2.74. The lowest BCUT2D eigenvalue weighted by molar-refractivity contribution is -0.0313. The number of aromatic nitrogens is 2. The Bertz CT molecular complexity index is 1340. The van der Waals surface area contributed by atoms with Crippen molar-refractivity contribution in [3.05, 3.63) is 88.2 Å². The molecule has 2 heterocycles. The molecule has 0 bridgehead atoms. The molecule has 1 aliphatic carbocycles. The van der Waals surface area contributed by atoms with Crippen LogP contribution in [-0.2, 0) is 7.05 Å². The second kappa shape index (κ2) is 7.17. The van der Waals surface area contributed by atoms with Gasteiger partial charge in [-0.15, -0.1) is 0 Å². The first-order valence-corrected chi connectivity index (χ1v) is 10.7. The molecule has 2 aromatic carbocycles. The van der Waals surface area contributed by atoms with Gasteiger partial charge in [-0.2, -0.15) is 0 Å². The van der Waals surface area contributed by atoms with E-state index in [1.54, 1.807) is 23.7 Å². The predicted molar refractivity (Wildman–Crippen MR) is 125 cm³/mol. The summed E-state index contributed by atoms with van der Waals surface area (Å²) in [6, 6.07) is 22.3. The van der Waals surface area contributed by atoms with Crippen molar-refractivity contribution in [2.45, 2.75) is 38.2 Å². The minimum atomic E-state index is -0.531. The van der Waals surface area contributed by atoms with E-state index >= 15 is 0 Å². The Labute approximate surface area is 181 Å². The van der Waals surface area contributed by atoms with Crippen molar-refractivity contribution in [3.63, 3.8) is 0 Å². The summed E-state index contributed by atoms with van der Waals surface area (Å²) in [7, 11) is 1.79. The van der Waals surface area contributed by atoms with Gasteiger partial charge in [0.1, 0.15) is 0 Å². The zero-order valence-corrected chi connectivity index (χ0v) is 18.1. The molecule has 5 rings (SSSR count). The molecule has 1 N–H and O–H groups in total. The summed E-state index contributed by atoms with van der Waals surface area (Å²) in [5.41, 5.74) is 7.56. The highest BCUT2D eigenvalue weighted by Crippen LogP contribution is 2.44. The number of aliphatic hydroxyl groups is 1. The molecular weight excluding hydrogens is 384 g/mol. The predicted octanol–water partition coefficient (Wildman–Crippen LogP) is 5.20. The van der Waals surface area contributed by atoms with Crippen LogP contribution in [0.3, 0.4) is 0 Å². The number of hydrogen-bond acceptors (Lipinski definition) is 3. The quantitative estimate of drug-likeness (QED) is 0.505. The fourth-order valence-electron chi connectivity index (χ4n) is 4.74. The number of hydrogen-bond donors (Lipinski definition) is 1. The third-order valence-corrected chi connectivity index (χ3v) is 6.57. The van der Waals surface area contributed by atoms with Gasteiger partial charge in [-0.3, -0.25) is 4.79 Å². The zero-order chi connectivity index (χ0) is 21.8. The molecule has 1 saturated carbocycles. The van der Waals surface area contributed by atoms with Crippen molar-refractivity contribution < 1.29 is 5.11 Å². The standard InChI is InChI=1S/C27H26N2O2/c1-17-6-4-5-7-21(17)22-14-24-23(12-13-25(30)29(24)3)28-26(22)19-10-8-18(9-11-19)20-15-27(2,31)16-20/h4-14,20,31H,15-16H2,1-3H3. The number of benzene rings is 2. The van der Waals surface area contributed by atoms with Gasteiger partial charge in [0, 0.05) is 24.2 Å². The van der Waals surface area contributed by atoms with Gasteiger partial charge in [0.05, 0.1) is 22.3 Å². The van der Waals surface area contributed by atoms with Gasteiger partial charge in [0.15, 0.2) is 0 Å². The topological polar surface area (TPSA) is 55.1 Å². The Morgan fingerprint density at radius 3 is 2.39 bits per heavy atom. The third-order valence-electron chi connectivity index (χ3n) is 6.57. The minimum Gasteiger partial charge on any atom is -0.390 e. The summed E-state index contributed by atoms with van der Waals surface area (Å²) in [6.45, 7) is 4.00. The minimum absolute atomic E-state index is 0.0430. The molecule has 0 aliphatic heterocycles. The smallest absolute Gasteiger partial charge is 0.250 e. The Balaban J connectivity index is 1.67. The van der Waals surface area contributed by atoms with Crippen molar-refractivity contribution in [1.29, 1.82) is 0 Å². The maximum absolute atomic E-state index is 12.2. The van der Waals surface area contributed by atoms with Crippen molar-refractivity contribution in [3.8, 4) is 22.4 Å². The zero-order valence-electron chi connectivity index (χ0n) is 18.1. The van der Waals surface area contributed by atoms with E-state index in [0.29, 0.717) is 5.92 Å². The van der Waals surface area contributed by atoms with E-state index in [1.165, 1.54) is 11.1 Å². The molecule has 0 atom stereocenters. The summed E-state index contributed by atoms with van der Waals surface area (Å²) < 4.78 is 1.65. The van der Waals surface area contributed by atoms with Crippen LogP contribution in [0.25, 0.3) is 33.4 Å². The van der Waals surface area contributed by atoms with Crippen LogP contribution < -0.4 is 5.56 Å². The van der Waals surface area contributed by atoms with E-state index in [4.69, 9.17) is 4.98 Å². The largest absolute Gasteiger partial charge is 0.390 e. The number of rotatable bonds is 3. The van der Waals surface area contributed by atoms with Crippen LogP contribution in [0.1, 0.15) is 36.8 Å². The maximum Gasteiger partial charge on any atom is 0.250 e. The van der Waals surface area contributed by atoms with E-state index < -0.39 is 5.60 Å². The van der Waals surface area contributed by atoms with E-state index in [2.05, 4.69) is 49.4 Å². The second-order valence-corrected chi connectivity index (χ2v) is 9.06. The Morgan fingerprint density at radius 2 is 1.71 bits per heavy atom. The first kappa shape index (κ1) is 19.7. The first-order chi connectivity index (χ1) is 14.8. The maximum atomic E-state index is 12.2. The lowest BCUT2D eigenvalue weighted by Crippen LogP contribution is -2.39. The highest BCUT2D eigenvalue weighted by Gasteiger charge is 2.38. The summed E-state index contributed by atoms with van der Waals surface area (Å²) >= 11 is 0. The van der Waals surface area contributed by atoms with Gasteiger partial charge >= 0.3 is 0 Å². The summed E-state index contributed by atoms with van der Waals surface area (Å²) in [5.74, 6) is 0.416. The molecule has 0 radical (unpaired) electrons. The molecule has 1 aliphatic rings. The molecule has 2 aromatic heterocycles. The molecule has 156 valence electrons. The molecule has 0 saturated heterocycles. The molecule has 0 unspecified atom stereocenters. The fraction of sp³-hybridized carbons (Fsp3) is 0.259. The van der Waals surface area contributed by atoms with Gasteiger partial charge in [-0.05, 0) is 61.4 Å². The van der Waals surface area contributed by atoms with Gasteiger partial charge in [-0.25, -0.2) is 4.98 Å². The summed E-state index contributed by atoms with van der Waals surface area (Å²) in [4.78, 5) is 17.2. The van der Waals surface area contributed by atoms with Crippen molar-refractivity contribution >= 4 is 11.0 Å². The normalized spacial score (nSPS) is 20.6. The van der Waals surface area contributed by atoms with Crippen LogP contribution in [-0.4, -0.2) is 20.3 Å². The van der Waals surface area contributed by atoms with Crippen LogP contribution in [0.5, 0.6) is 0 Å². The molecule has 1 fully saturated rings. The van der Waals surface area contributed by atoms with Crippen LogP contribution in [0.4, 0.5) is 0 Å². The number of nitrogens with zero attached hydrogens (tertiary/aromatic N) is 2. The molecular formula is C27H26N2O2. The van der Waals surface area contributed by atoms with Crippen molar-refractivity contribution in [1.82, 2.24) is 9.55 Å².